The number of nitrogens with two attached hydrogens (primary N) is 1. The number of hydrogen-bond acceptors (Lipinski definition) is 3. The minimum absolute atomic E-state index is 0.143. The van der Waals surface area contributed by atoms with Gasteiger partial charge in [0.05, 0.1) is 13.2 Å². The van der Waals surface area contributed by atoms with Gasteiger partial charge in [0.1, 0.15) is 17.4 Å². The number of hydrazine groups is 1. The Morgan fingerprint density at radius 3 is 2.40 bits per heavy atom. The molecule has 2 rings (SSSR count). The number of rotatable bonds is 4. The maximum atomic E-state index is 13.9. The van der Waals surface area contributed by atoms with Crippen molar-refractivity contribution in [3.8, 4) is 5.75 Å². The SMILES string of the molecule is COc1cc(Br)ccc1C(NN)c1c(F)cccc1F. The standard InChI is InChI=1S/C14H13BrF2N2O/c1-20-12-7-8(15)5-6-9(12)14(19-18)13-10(16)3-2-4-11(13)17/h2-7,14,19H,18H2,1H3. The first-order chi connectivity index (χ1) is 9.58. The molecule has 0 spiro atoms. The van der Waals surface area contributed by atoms with Crippen LogP contribution in [0, 0.1) is 11.6 Å². The van der Waals surface area contributed by atoms with E-state index in [9.17, 15) is 8.78 Å². The predicted octanol–water partition coefficient (Wildman–Crippen LogP) is 3.29. The van der Waals surface area contributed by atoms with Crippen LogP contribution in [0.1, 0.15) is 17.2 Å². The summed E-state index contributed by atoms with van der Waals surface area (Å²) in [5.74, 6) is 4.63. The summed E-state index contributed by atoms with van der Waals surface area (Å²) in [5, 5.41) is 0. The van der Waals surface area contributed by atoms with Gasteiger partial charge in [0, 0.05) is 15.6 Å². The van der Waals surface area contributed by atoms with Crippen molar-refractivity contribution in [1.29, 1.82) is 0 Å². The van der Waals surface area contributed by atoms with Gasteiger partial charge in [-0.15, -0.1) is 0 Å². The van der Waals surface area contributed by atoms with Crippen molar-refractivity contribution < 1.29 is 13.5 Å². The summed E-state index contributed by atoms with van der Waals surface area (Å²) in [7, 11) is 1.48. The number of halogens is 3. The Kier molecular flexibility index (Phi) is 4.69. The van der Waals surface area contributed by atoms with Gasteiger partial charge in [-0.05, 0) is 24.3 Å². The number of ether oxygens (including phenoxy) is 1. The van der Waals surface area contributed by atoms with Crippen LogP contribution in [0.5, 0.6) is 5.75 Å². The molecule has 0 bridgehead atoms. The van der Waals surface area contributed by atoms with Gasteiger partial charge in [-0.2, -0.15) is 0 Å². The summed E-state index contributed by atoms with van der Waals surface area (Å²) in [6.45, 7) is 0. The molecule has 0 aliphatic heterocycles. The highest BCUT2D eigenvalue weighted by Crippen LogP contribution is 2.34. The lowest BCUT2D eigenvalue weighted by molar-refractivity contribution is 0.401. The lowest BCUT2D eigenvalue weighted by atomic mass is 9.97. The lowest BCUT2D eigenvalue weighted by Crippen LogP contribution is -2.30. The van der Waals surface area contributed by atoms with Gasteiger partial charge in [0.15, 0.2) is 0 Å². The van der Waals surface area contributed by atoms with Gasteiger partial charge in [0.25, 0.3) is 0 Å². The van der Waals surface area contributed by atoms with Crippen LogP contribution >= 0.6 is 15.9 Å². The average molecular weight is 343 g/mol. The van der Waals surface area contributed by atoms with E-state index in [1.165, 1.54) is 25.3 Å². The first kappa shape index (κ1) is 14.9. The van der Waals surface area contributed by atoms with Gasteiger partial charge in [-0.25, -0.2) is 14.2 Å². The molecule has 20 heavy (non-hydrogen) atoms. The van der Waals surface area contributed by atoms with E-state index in [2.05, 4.69) is 21.4 Å². The molecule has 0 radical (unpaired) electrons. The summed E-state index contributed by atoms with van der Waals surface area (Å²) < 4.78 is 33.8. The van der Waals surface area contributed by atoms with E-state index in [0.29, 0.717) is 11.3 Å². The molecule has 3 N–H and O–H groups in total. The first-order valence-electron chi connectivity index (χ1n) is 5.82. The molecule has 0 saturated heterocycles. The molecule has 1 unspecified atom stereocenters. The van der Waals surface area contributed by atoms with Gasteiger partial charge in [-0.3, -0.25) is 5.84 Å². The third-order valence-electron chi connectivity index (χ3n) is 2.96. The minimum atomic E-state index is -0.848. The van der Waals surface area contributed by atoms with Gasteiger partial charge >= 0.3 is 0 Å². The highest BCUT2D eigenvalue weighted by molar-refractivity contribution is 9.10. The molecule has 0 aliphatic rings. The fraction of sp³-hybridized carbons (Fsp3) is 0.143. The van der Waals surface area contributed by atoms with Crippen molar-refractivity contribution in [2.75, 3.05) is 7.11 Å². The van der Waals surface area contributed by atoms with Crippen molar-refractivity contribution in [3.05, 3.63) is 63.6 Å². The summed E-state index contributed by atoms with van der Waals surface area (Å²) in [6.07, 6.45) is 0. The van der Waals surface area contributed by atoms with Crippen LogP contribution in [0.15, 0.2) is 40.9 Å². The van der Waals surface area contributed by atoms with Crippen LogP contribution in [0.2, 0.25) is 0 Å². The molecule has 6 heteroatoms. The van der Waals surface area contributed by atoms with E-state index in [0.717, 1.165) is 4.47 Å². The van der Waals surface area contributed by atoms with E-state index in [1.807, 2.05) is 0 Å². The molecule has 0 heterocycles. The normalized spacial score (nSPS) is 12.2. The van der Waals surface area contributed by atoms with Crippen molar-refractivity contribution in [3.63, 3.8) is 0 Å². The predicted molar refractivity (Wildman–Crippen MR) is 76.2 cm³/mol. The largest absolute Gasteiger partial charge is 0.496 e. The van der Waals surface area contributed by atoms with E-state index < -0.39 is 17.7 Å². The fourth-order valence-electron chi connectivity index (χ4n) is 2.04. The zero-order valence-corrected chi connectivity index (χ0v) is 12.2. The molecule has 0 fully saturated rings. The minimum Gasteiger partial charge on any atom is -0.496 e. The van der Waals surface area contributed by atoms with Gasteiger partial charge in [-0.1, -0.05) is 28.1 Å². The second-order valence-electron chi connectivity index (χ2n) is 4.12. The Labute approximate surface area is 123 Å². The molecule has 0 aromatic heterocycles. The molecule has 106 valence electrons. The van der Waals surface area contributed by atoms with Gasteiger partial charge in [0.2, 0.25) is 0 Å². The summed E-state index contributed by atoms with van der Waals surface area (Å²) >= 11 is 3.31. The second kappa shape index (κ2) is 6.30. The monoisotopic (exact) mass is 342 g/mol. The smallest absolute Gasteiger partial charge is 0.131 e. The van der Waals surface area contributed by atoms with Crippen LogP contribution in [0.3, 0.4) is 0 Å². The third-order valence-corrected chi connectivity index (χ3v) is 3.45. The van der Waals surface area contributed by atoms with Gasteiger partial charge < -0.3 is 4.74 Å². The van der Waals surface area contributed by atoms with Crippen LogP contribution in [-0.4, -0.2) is 7.11 Å². The molecular formula is C14H13BrF2N2O. The van der Waals surface area contributed by atoms with Crippen molar-refractivity contribution >= 4 is 15.9 Å². The molecule has 0 amide bonds. The topological polar surface area (TPSA) is 47.3 Å². The third kappa shape index (κ3) is 2.82. The van der Waals surface area contributed by atoms with E-state index >= 15 is 0 Å². The summed E-state index contributed by atoms with van der Waals surface area (Å²) in [5.41, 5.74) is 2.84. The van der Waals surface area contributed by atoms with Crippen LogP contribution < -0.4 is 16.0 Å². The average Bonchev–Trinajstić information content (AvgIpc) is 2.43. The Morgan fingerprint density at radius 2 is 1.85 bits per heavy atom. The van der Waals surface area contributed by atoms with Crippen LogP contribution in [-0.2, 0) is 0 Å². The van der Waals surface area contributed by atoms with E-state index in [1.54, 1.807) is 18.2 Å². The molecule has 1 atom stereocenters. The summed E-state index contributed by atoms with van der Waals surface area (Å²) in [4.78, 5) is 0. The maximum absolute atomic E-state index is 13.9. The Hall–Kier alpha value is -1.50. The number of hydrogen-bond donors (Lipinski definition) is 2. The maximum Gasteiger partial charge on any atom is 0.131 e. The molecule has 2 aromatic rings. The zero-order chi connectivity index (χ0) is 14.7. The van der Waals surface area contributed by atoms with Crippen LogP contribution in [0.25, 0.3) is 0 Å². The molecule has 3 nitrogen and oxygen atoms in total. The van der Waals surface area contributed by atoms with E-state index in [-0.39, 0.29) is 5.56 Å². The van der Waals surface area contributed by atoms with E-state index in [4.69, 9.17) is 10.6 Å². The number of nitrogens with one attached hydrogen (secondary N) is 1. The van der Waals surface area contributed by atoms with Crippen molar-refractivity contribution in [1.82, 2.24) is 5.43 Å². The molecule has 0 saturated carbocycles. The molecule has 2 aromatic carbocycles. The Balaban J connectivity index is 2.58. The Bertz CT molecular complexity index is 602. The highest BCUT2D eigenvalue weighted by atomic mass is 79.9. The quantitative estimate of drug-likeness (QED) is 0.662. The van der Waals surface area contributed by atoms with Crippen molar-refractivity contribution in [2.45, 2.75) is 6.04 Å². The molecular weight excluding hydrogens is 330 g/mol. The fourth-order valence-corrected chi connectivity index (χ4v) is 2.38. The summed E-state index contributed by atoms with van der Waals surface area (Å²) in [6, 6.07) is 7.99. The second-order valence-corrected chi connectivity index (χ2v) is 5.04. The Morgan fingerprint density at radius 1 is 1.20 bits per heavy atom. The zero-order valence-electron chi connectivity index (χ0n) is 10.7. The molecule has 0 aliphatic carbocycles. The highest BCUT2D eigenvalue weighted by Gasteiger charge is 2.23. The number of methoxy groups -OCH3 is 1. The number of benzene rings is 2. The van der Waals surface area contributed by atoms with Crippen molar-refractivity contribution in [2.24, 2.45) is 5.84 Å². The van der Waals surface area contributed by atoms with Crippen LogP contribution in [0.4, 0.5) is 8.78 Å². The first-order valence-corrected chi connectivity index (χ1v) is 6.61. The lowest BCUT2D eigenvalue weighted by Gasteiger charge is -2.20.